The molecular weight excluding hydrogens is 592 g/mol. The van der Waals surface area contributed by atoms with Crippen LogP contribution < -0.4 is 4.72 Å². The summed E-state index contributed by atoms with van der Waals surface area (Å²) in [5.74, 6) is 5.30. The van der Waals surface area contributed by atoms with Crippen LogP contribution >= 0.6 is 11.3 Å². The molecule has 7 nitrogen and oxygen atoms in total. The van der Waals surface area contributed by atoms with Crippen LogP contribution in [0.1, 0.15) is 27.4 Å². The van der Waals surface area contributed by atoms with E-state index >= 15 is 0 Å². The van der Waals surface area contributed by atoms with Gasteiger partial charge in [0.2, 0.25) is 10.0 Å². The SMILES string of the molecule is O=S(=O)(NCc1ccncc1)c1ccc(C#Cc2cc3nc(-c4ccc(C(F)(F)F)cc4)cc(C(F)(F)F)n3n2)s1. The average molecular weight is 608 g/mol. The van der Waals surface area contributed by atoms with Crippen LogP contribution in [0.4, 0.5) is 26.3 Å². The Morgan fingerprint density at radius 1 is 0.878 bits per heavy atom. The number of rotatable bonds is 5. The van der Waals surface area contributed by atoms with Gasteiger partial charge in [-0.3, -0.25) is 4.98 Å². The van der Waals surface area contributed by atoms with E-state index in [1.807, 2.05) is 0 Å². The van der Waals surface area contributed by atoms with E-state index in [1.165, 1.54) is 30.6 Å². The van der Waals surface area contributed by atoms with Crippen molar-refractivity contribution in [3.05, 3.63) is 100 Å². The summed E-state index contributed by atoms with van der Waals surface area (Å²) in [6.45, 7) is 0.0496. The fourth-order valence-corrected chi connectivity index (χ4v) is 5.84. The average Bonchev–Trinajstić information content (AvgIpc) is 3.57. The highest BCUT2D eigenvalue weighted by atomic mass is 32.2. The lowest BCUT2D eigenvalue weighted by atomic mass is 10.1. The summed E-state index contributed by atoms with van der Waals surface area (Å²) in [5, 5.41) is 3.87. The Kier molecular flexibility index (Phi) is 7.32. The zero-order valence-corrected chi connectivity index (χ0v) is 22.0. The van der Waals surface area contributed by atoms with Gasteiger partial charge in [-0.05, 0) is 59.9 Å². The number of alkyl halides is 6. The van der Waals surface area contributed by atoms with Crippen LogP contribution in [-0.2, 0) is 28.9 Å². The molecule has 0 atom stereocenters. The van der Waals surface area contributed by atoms with Crippen LogP contribution in [0, 0.1) is 11.8 Å². The van der Waals surface area contributed by atoms with Gasteiger partial charge in [0.15, 0.2) is 11.3 Å². The maximum Gasteiger partial charge on any atom is 0.433 e. The third kappa shape index (κ3) is 6.40. The summed E-state index contributed by atoms with van der Waals surface area (Å²) in [6.07, 6.45) is -6.40. The van der Waals surface area contributed by atoms with Crippen molar-refractivity contribution < 1.29 is 34.8 Å². The maximum absolute atomic E-state index is 13.8. The fraction of sp³-hybridized carbons (Fsp3) is 0.115. The van der Waals surface area contributed by atoms with Crippen LogP contribution in [-0.4, -0.2) is 28.0 Å². The second-order valence-corrected chi connectivity index (χ2v) is 11.5. The third-order valence-corrected chi connectivity index (χ3v) is 8.50. The van der Waals surface area contributed by atoms with Gasteiger partial charge in [0, 0.05) is 30.6 Å². The van der Waals surface area contributed by atoms with Crippen molar-refractivity contribution >= 4 is 27.0 Å². The van der Waals surface area contributed by atoms with Crippen molar-refractivity contribution in [3.8, 4) is 23.1 Å². The fourth-order valence-electron chi connectivity index (χ4n) is 3.62. The first-order valence-electron chi connectivity index (χ1n) is 11.5. The molecule has 0 bridgehead atoms. The highest BCUT2D eigenvalue weighted by molar-refractivity contribution is 7.91. The molecule has 0 aliphatic carbocycles. The highest BCUT2D eigenvalue weighted by Gasteiger charge is 2.35. The van der Waals surface area contributed by atoms with Gasteiger partial charge in [0.1, 0.15) is 9.90 Å². The van der Waals surface area contributed by atoms with E-state index in [0.717, 1.165) is 35.6 Å². The Morgan fingerprint density at radius 3 is 2.24 bits per heavy atom. The molecule has 0 saturated heterocycles. The first-order valence-corrected chi connectivity index (χ1v) is 13.8. The molecular formula is C26H15F6N5O2S2. The quantitative estimate of drug-likeness (QED) is 0.203. The molecule has 0 aliphatic heterocycles. The van der Waals surface area contributed by atoms with E-state index in [0.29, 0.717) is 21.0 Å². The summed E-state index contributed by atoms with van der Waals surface area (Å²) in [6, 6.07) is 11.6. The van der Waals surface area contributed by atoms with Gasteiger partial charge in [0.25, 0.3) is 0 Å². The number of nitrogens with zero attached hydrogens (tertiary/aromatic N) is 4. The molecule has 0 saturated carbocycles. The minimum absolute atomic E-state index is 0.00642. The molecule has 0 aliphatic rings. The summed E-state index contributed by atoms with van der Waals surface area (Å²) in [5.41, 5.74) is -1.91. The van der Waals surface area contributed by atoms with Crippen LogP contribution in [0.2, 0.25) is 0 Å². The van der Waals surface area contributed by atoms with Crippen LogP contribution in [0.25, 0.3) is 16.9 Å². The van der Waals surface area contributed by atoms with E-state index in [4.69, 9.17) is 0 Å². The van der Waals surface area contributed by atoms with Crippen molar-refractivity contribution in [2.24, 2.45) is 0 Å². The normalized spacial score (nSPS) is 12.3. The summed E-state index contributed by atoms with van der Waals surface area (Å²) in [7, 11) is -3.84. The highest BCUT2D eigenvalue weighted by Crippen LogP contribution is 2.34. The monoisotopic (exact) mass is 607 g/mol. The van der Waals surface area contributed by atoms with E-state index < -0.39 is 33.6 Å². The van der Waals surface area contributed by atoms with Gasteiger partial charge in [-0.2, -0.15) is 31.4 Å². The molecule has 0 fully saturated rings. The van der Waals surface area contributed by atoms with Crippen LogP contribution in [0.3, 0.4) is 0 Å². The van der Waals surface area contributed by atoms with Crippen molar-refractivity contribution in [3.63, 3.8) is 0 Å². The molecule has 41 heavy (non-hydrogen) atoms. The zero-order valence-electron chi connectivity index (χ0n) is 20.3. The predicted molar refractivity (Wildman–Crippen MR) is 137 cm³/mol. The lowest BCUT2D eigenvalue weighted by molar-refractivity contribution is -0.142. The molecule has 0 spiro atoms. The Balaban J connectivity index is 1.42. The second-order valence-electron chi connectivity index (χ2n) is 8.45. The summed E-state index contributed by atoms with van der Waals surface area (Å²) >= 11 is 0.864. The van der Waals surface area contributed by atoms with Crippen molar-refractivity contribution in [1.29, 1.82) is 0 Å². The third-order valence-electron chi connectivity index (χ3n) is 5.60. The molecule has 210 valence electrons. The lowest BCUT2D eigenvalue weighted by Crippen LogP contribution is -2.22. The Hall–Kier alpha value is -4.26. The largest absolute Gasteiger partial charge is 0.433 e. The van der Waals surface area contributed by atoms with Crippen LogP contribution in [0.5, 0.6) is 0 Å². The molecule has 1 N–H and O–H groups in total. The molecule has 4 heterocycles. The molecule has 15 heteroatoms. The molecule has 0 radical (unpaired) electrons. The number of benzene rings is 1. The van der Waals surface area contributed by atoms with E-state index in [9.17, 15) is 34.8 Å². The second kappa shape index (κ2) is 10.6. The molecule has 0 unspecified atom stereocenters. The van der Waals surface area contributed by atoms with E-state index in [2.05, 4.69) is 31.6 Å². The zero-order chi connectivity index (χ0) is 29.4. The topological polar surface area (TPSA) is 89.2 Å². The Bertz CT molecular complexity index is 1890. The first-order chi connectivity index (χ1) is 19.3. The lowest BCUT2D eigenvalue weighted by Gasteiger charge is -2.11. The number of sulfonamides is 1. The number of hydrogen-bond donors (Lipinski definition) is 1. The van der Waals surface area contributed by atoms with Crippen molar-refractivity contribution in [2.75, 3.05) is 0 Å². The number of thiophene rings is 1. The predicted octanol–water partition coefficient (Wildman–Crippen LogP) is 5.77. The number of hydrogen-bond acceptors (Lipinski definition) is 6. The van der Waals surface area contributed by atoms with Gasteiger partial charge in [0.05, 0.1) is 16.1 Å². The van der Waals surface area contributed by atoms with Crippen molar-refractivity contribution in [2.45, 2.75) is 23.1 Å². The van der Waals surface area contributed by atoms with Crippen molar-refractivity contribution in [1.82, 2.24) is 24.3 Å². The smallest absolute Gasteiger partial charge is 0.265 e. The molecule has 1 aromatic carbocycles. The molecule has 5 rings (SSSR count). The van der Waals surface area contributed by atoms with Gasteiger partial charge in [-0.25, -0.2) is 22.6 Å². The summed E-state index contributed by atoms with van der Waals surface area (Å²) < 4.78 is 108. The van der Waals surface area contributed by atoms with E-state index in [1.54, 1.807) is 12.1 Å². The van der Waals surface area contributed by atoms with E-state index in [-0.39, 0.29) is 33.4 Å². The number of fused-ring (bicyclic) bond motifs is 1. The van der Waals surface area contributed by atoms with Gasteiger partial charge in [-0.15, -0.1) is 11.3 Å². The standard InChI is InChI=1S/C26H15F6N5O2S2/c27-25(28,29)18-3-1-17(2-4-18)21-14-22(26(30,31)32)37-23(35-21)13-19(36-37)5-6-20-7-8-24(40-20)41(38,39)34-15-16-9-11-33-12-10-16/h1-4,7-14,34H,15H2. The number of aromatic nitrogens is 4. The van der Waals surface area contributed by atoms with Gasteiger partial charge in [-0.1, -0.05) is 12.1 Å². The summed E-state index contributed by atoms with van der Waals surface area (Å²) in [4.78, 5) is 8.32. The Morgan fingerprint density at radius 2 is 1.59 bits per heavy atom. The molecule has 0 amide bonds. The number of pyridine rings is 1. The molecule has 4 aromatic heterocycles. The first kappa shape index (κ1) is 28.3. The van der Waals surface area contributed by atoms with Crippen LogP contribution in [0.15, 0.2) is 77.3 Å². The van der Waals surface area contributed by atoms with Gasteiger partial charge < -0.3 is 0 Å². The number of halogens is 6. The number of nitrogens with one attached hydrogen (secondary N) is 1. The van der Waals surface area contributed by atoms with Gasteiger partial charge >= 0.3 is 12.4 Å². The maximum atomic E-state index is 13.8. The minimum atomic E-state index is -4.86. The Labute approximate surface area is 232 Å². The minimum Gasteiger partial charge on any atom is -0.265 e. The molecule has 5 aromatic rings.